The Morgan fingerprint density at radius 1 is 1.25 bits per heavy atom. The molecule has 0 radical (unpaired) electrons. The van der Waals surface area contributed by atoms with E-state index < -0.39 is 5.92 Å². The first-order valence-electron chi connectivity index (χ1n) is 11.2. The molecule has 1 N–H and O–H groups in total. The maximum absolute atomic E-state index is 13.3. The van der Waals surface area contributed by atoms with Gasteiger partial charge in [-0.05, 0) is 72.7 Å². The van der Waals surface area contributed by atoms with Crippen molar-refractivity contribution in [2.45, 2.75) is 58.8 Å². The quantitative estimate of drug-likeness (QED) is 0.272. The minimum Gasteiger partial charge on any atom is -0.490 e. The second kappa shape index (κ2) is 11.4. The minimum absolute atomic E-state index is 0.133. The van der Waals surface area contributed by atoms with Crippen LogP contribution < -0.4 is 14.8 Å². The summed E-state index contributed by atoms with van der Waals surface area (Å²) in [6.45, 7) is 7.05. The zero-order valence-corrected chi connectivity index (χ0v) is 22.1. The maximum Gasteiger partial charge on any atom is 0.175 e. The Morgan fingerprint density at radius 2 is 2.03 bits per heavy atom. The highest BCUT2D eigenvalue weighted by molar-refractivity contribution is 9.10. The summed E-state index contributed by atoms with van der Waals surface area (Å²) < 4.78 is 12.6. The number of ketones is 1. The van der Waals surface area contributed by atoms with Crippen LogP contribution in [0.3, 0.4) is 0 Å². The summed E-state index contributed by atoms with van der Waals surface area (Å²) in [5.41, 5.74) is 3.94. The number of benzene rings is 1. The van der Waals surface area contributed by atoms with Gasteiger partial charge in [0.05, 0.1) is 35.2 Å². The molecule has 0 bridgehead atoms. The summed E-state index contributed by atoms with van der Waals surface area (Å²) in [7, 11) is 0. The van der Waals surface area contributed by atoms with E-state index in [1.54, 1.807) is 0 Å². The third kappa shape index (κ3) is 5.23. The highest BCUT2D eigenvalue weighted by Gasteiger charge is 2.39. The van der Waals surface area contributed by atoms with Gasteiger partial charge in [-0.3, -0.25) is 4.79 Å². The first kappa shape index (κ1) is 24.9. The molecule has 0 amide bonds. The first-order chi connectivity index (χ1) is 15.4. The number of allylic oxidation sites excluding steroid dienone is 4. The van der Waals surface area contributed by atoms with E-state index in [0.29, 0.717) is 42.6 Å². The molecule has 1 aromatic rings. The topological polar surface area (TPSA) is 71.4 Å². The summed E-state index contributed by atoms with van der Waals surface area (Å²) in [5.74, 6) is 1.35. The molecule has 1 aromatic carbocycles. The highest BCUT2D eigenvalue weighted by Crippen LogP contribution is 2.47. The van der Waals surface area contributed by atoms with E-state index in [4.69, 9.17) is 9.47 Å². The Morgan fingerprint density at radius 3 is 2.69 bits per heavy atom. The predicted octanol–water partition coefficient (Wildman–Crippen LogP) is 6.53. The molecule has 2 aliphatic rings. The van der Waals surface area contributed by atoms with Crippen LogP contribution in [0.2, 0.25) is 0 Å². The molecule has 2 unspecified atom stereocenters. The monoisotopic (exact) mass is 564 g/mol. The van der Waals surface area contributed by atoms with Crippen LogP contribution in [0.1, 0.15) is 64.4 Å². The van der Waals surface area contributed by atoms with E-state index in [9.17, 15) is 10.1 Å². The van der Waals surface area contributed by atoms with Gasteiger partial charge in [0, 0.05) is 28.7 Å². The van der Waals surface area contributed by atoms with Crippen molar-refractivity contribution in [2.24, 2.45) is 5.92 Å². The molecule has 1 heterocycles. The van der Waals surface area contributed by atoms with Crippen LogP contribution >= 0.6 is 31.9 Å². The number of hydrogen-bond donors (Lipinski definition) is 1. The van der Waals surface area contributed by atoms with Crippen molar-refractivity contribution in [3.05, 3.63) is 44.7 Å². The van der Waals surface area contributed by atoms with Crippen molar-refractivity contribution in [1.29, 1.82) is 5.26 Å². The second-order valence-corrected chi connectivity index (χ2v) is 9.89. The lowest BCUT2D eigenvalue weighted by Crippen LogP contribution is -2.34. The van der Waals surface area contributed by atoms with Gasteiger partial charge in [0.25, 0.3) is 0 Å². The average molecular weight is 566 g/mol. The smallest absolute Gasteiger partial charge is 0.175 e. The van der Waals surface area contributed by atoms with Gasteiger partial charge in [0.2, 0.25) is 0 Å². The number of nitriles is 1. The molecule has 0 saturated heterocycles. The van der Waals surface area contributed by atoms with Crippen molar-refractivity contribution >= 4 is 37.6 Å². The fourth-order valence-electron chi connectivity index (χ4n) is 4.60. The fourth-order valence-corrected chi connectivity index (χ4v) is 5.40. The van der Waals surface area contributed by atoms with Crippen LogP contribution in [-0.4, -0.2) is 24.3 Å². The lowest BCUT2D eigenvalue weighted by Gasteiger charge is -2.35. The molecule has 0 spiro atoms. The molecule has 0 fully saturated rings. The number of halogens is 2. The number of rotatable bonds is 9. The largest absolute Gasteiger partial charge is 0.490 e. The van der Waals surface area contributed by atoms with E-state index in [0.717, 1.165) is 58.0 Å². The van der Waals surface area contributed by atoms with Crippen LogP contribution in [0.25, 0.3) is 0 Å². The zero-order chi connectivity index (χ0) is 23.3. The van der Waals surface area contributed by atoms with Gasteiger partial charge in [-0.25, -0.2) is 0 Å². The van der Waals surface area contributed by atoms with Crippen molar-refractivity contribution in [1.82, 2.24) is 5.32 Å². The molecule has 0 aromatic heterocycles. The molecule has 0 saturated carbocycles. The Balaban J connectivity index is 2.09. The zero-order valence-electron chi connectivity index (χ0n) is 18.9. The van der Waals surface area contributed by atoms with Crippen molar-refractivity contribution in [3.8, 4) is 17.6 Å². The third-order valence-corrected chi connectivity index (χ3v) is 7.07. The number of alkyl halides is 1. The Kier molecular flexibility index (Phi) is 8.84. The molecule has 2 atom stereocenters. The molecule has 32 heavy (non-hydrogen) atoms. The van der Waals surface area contributed by atoms with E-state index >= 15 is 0 Å². The molecule has 7 heteroatoms. The summed E-state index contributed by atoms with van der Waals surface area (Å²) in [6.07, 6.45) is 4.34. The molecule has 5 nitrogen and oxygen atoms in total. The van der Waals surface area contributed by atoms with E-state index in [1.165, 1.54) is 0 Å². The Labute approximate surface area is 207 Å². The number of nitrogens with zero attached hydrogens (tertiary/aromatic N) is 1. The second-order valence-electron chi connectivity index (χ2n) is 8.24. The van der Waals surface area contributed by atoms with Gasteiger partial charge in [-0.15, -0.1) is 0 Å². The van der Waals surface area contributed by atoms with E-state index in [1.807, 2.05) is 26.0 Å². The predicted molar refractivity (Wildman–Crippen MR) is 133 cm³/mol. The molecule has 3 rings (SSSR count). The molecule has 1 aliphatic heterocycles. The van der Waals surface area contributed by atoms with Gasteiger partial charge in [-0.2, -0.15) is 5.26 Å². The third-order valence-electron chi connectivity index (χ3n) is 5.92. The average Bonchev–Trinajstić information content (AvgIpc) is 2.75. The molecular formula is C25H30Br2N2O3. The fraction of sp³-hybridized carbons (Fsp3) is 0.520. The maximum atomic E-state index is 13.3. The Hall–Kier alpha value is -1.78. The van der Waals surface area contributed by atoms with Gasteiger partial charge in [0.15, 0.2) is 17.3 Å². The normalized spacial score (nSPS) is 20.6. The van der Waals surface area contributed by atoms with Gasteiger partial charge >= 0.3 is 0 Å². The summed E-state index contributed by atoms with van der Waals surface area (Å²) in [5, 5.41) is 14.2. The van der Waals surface area contributed by atoms with E-state index in [2.05, 4.69) is 50.2 Å². The number of nitrogens with one attached hydrogen (secondary N) is 1. The molecular weight excluding hydrogens is 536 g/mol. The SMILES string of the molecule is CCCC1CC(=O)C2=C(C1)NC(C)=C(C#N)C2c1cc(Br)c(OCCCBr)c(OCC)c1. The number of ether oxygens (including phenoxy) is 2. The lowest BCUT2D eigenvalue weighted by molar-refractivity contribution is -0.117. The van der Waals surface area contributed by atoms with Crippen LogP contribution in [0, 0.1) is 17.2 Å². The van der Waals surface area contributed by atoms with Crippen LogP contribution in [0.5, 0.6) is 11.5 Å². The molecule has 1 aliphatic carbocycles. The first-order valence-corrected chi connectivity index (χ1v) is 13.2. The summed E-state index contributed by atoms with van der Waals surface area (Å²) >= 11 is 7.07. The van der Waals surface area contributed by atoms with Crippen LogP contribution in [-0.2, 0) is 4.79 Å². The number of Topliss-reactive ketones (excluding diaryl/α,β-unsaturated/α-hetero) is 1. The summed E-state index contributed by atoms with van der Waals surface area (Å²) in [6, 6.07) is 6.24. The molecule has 172 valence electrons. The summed E-state index contributed by atoms with van der Waals surface area (Å²) in [4.78, 5) is 13.3. The highest BCUT2D eigenvalue weighted by atomic mass is 79.9. The van der Waals surface area contributed by atoms with E-state index in [-0.39, 0.29) is 5.78 Å². The van der Waals surface area contributed by atoms with Gasteiger partial charge in [0.1, 0.15) is 0 Å². The van der Waals surface area contributed by atoms with Crippen LogP contribution in [0.4, 0.5) is 0 Å². The minimum atomic E-state index is -0.404. The van der Waals surface area contributed by atoms with Crippen molar-refractivity contribution in [3.63, 3.8) is 0 Å². The standard InChI is InChI=1S/C25H30Br2N2O3/c1-4-7-16-10-20-24(21(30)11-16)23(18(14-28)15(3)29-20)17-12-19(27)25(32-9-6-8-26)22(13-17)31-5-2/h12-13,16,23,29H,4-11H2,1-3H3. The number of dihydropyridines is 1. The number of carbonyl (C=O) groups excluding carboxylic acids is 1. The number of hydrogen-bond acceptors (Lipinski definition) is 5. The number of carbonyl (C=O) groups is 1. The van der Waals surface area contributed by atoms with Crippen molar-refractivity contribution < 1.29 is 14.3 Å². The van der Waals surface area contributed by atoms with Crippen molar-refractivity contribution in [2.75, 3.05) is 18.5 Å². The Bertz CT molecular complexity index is 978. The lowest BCUT2D eigenvalue weighted by atomic mass is 9.72. The van der Waals surface area contributed by atoms with Gasteiger partial charge < -0.3 is 14.8 Å². The van der Waals surface area contributed by atoms with Gasteiger partial charge in [-0.1, -0.05) is 29.3 Å². The van der Waals surface area contributed by atoms with Crippen LogP contribution in [0.15, 0.2) is 39.1 Å².